The Hall–Kier alpha value is -2.48. The van der Waals surface area contributed by atoms with Gasteiger partial charge in [0.15, 0.2) is 0 Å². The van der Waals surface area contributed by atoms with Gasteiger partial charge in [-0.05, 0) is 25.1 Å². The zero-order valence-electron chi connectivity index (χ0n) is 9.81. The molecule has 0 spiro atoms. The van der Waals surface area contributed by atoms with Crippen molar-refractivity contribution in [3.8, 4) is 6.07 Å². The summed E-state index contributed by atoms with van der Waals surface area (Å²) >= 11 is 0. The topological polar surface area (TPSA) is 61.6 Å². The maximum atomic E-state index is 13.6. The smallest absolute Gasteiger partial charge is 0.223 e. The lowest BCUT2D eigenvalue weighted by atomic mass is 10.1. The van der Waals surface area contributed by atoms with Crippen LogP contribution in [0.4, 0.5) is 10.3 Å². The Labute approximate surface area is 104 Å². The van der Waals surface area contributed by atoms with E-state index in [0.29, 0.717) is 17.1 Å². The summed E-state index contributed by atoms with van der Waals surface area (Å²) in [7, 11) is 0. The molecule has 0 fully saturated rings. The molecule has 1 aromatic heterocycles. The number of benzene rings is 1. The summed E-state index contributed by atoms with van der Waals surface area (Å²) in [5, 5.41) is 11.6. The van der Waals surface area contributed by atoms with Gasteiger partial charge >= 0.3 is 0 Å². The molecule has 0 aliphatic rings. The molecule has 1 N–H and O–H groups in total. The van der Waals surface area contributed by atoms with Gasteiger partial charge in [-0.1, -0.05) is 6.07 Å². The number of aryl methyl sites for hydroxylation is 1. The van der Waals surface area contributed by atoms with Gasteiger partial charge in [-0.3, -0.25) is 0 Å². The van der Waals surface area contributed by atoms with Gasteiger partial charge in [0.25, 0.3) is 0 Å². The largest absolute Gasteiger partial charge is 0.350 e. The van der Waals surface area contributed by atoms with E-state index < -0.39 is 5.82 Å². The van der Waals surface area contributed by atoms with E-state index in [4.69, 9.17) is 5.26 Å². The highest BCUT2D eigenvalue weighted by molar-refractivity contribution is 5.35. The van der Waals surface area contributed by atoms with Crippen LogP contribution in [0.25, 0.3) is 0 Å². The van der Waals surface area contributed by atoms with Crippen molar-refractivity contribution < 1.29 is 4.39 Å². The van der Waals surface area contributed by atoms with E-state index in [2.05, 4.69) is 15.3 Å². The summed E-state index contributed by atoms with van der Waals surface area (Å²) in [5.74, 6) is 0.0490. The van der Waals surface area contributed by atoms with E-state index in [-0.39, 0.29) is 6.54 Å². The predicted molar refractivity (Wildman–Crippen MR) is 65.2 cm³/mol. The van der Waals surface area contributed by atoms with Crippen LogP contribution in [0.5, 0.6) is 0 Å². The summed E-state index contributed by atoms with van der Waals surface area (Å²) in [6.07, 6.45) is 1.64. The second-order valence-corrected chi connectivity index (χ2v) is 3.79. The lowest BCUT2D eigenvalue weighted by Crippen LogP contribution is -2.05. The van der Waals surface area contributed by atoms with E-state index in [1.807, 2.05) is 13.0 Å². The number of nitrogens with zero attached hydrogens (tertiary/aromatic N) is 3. The van der Waals surface area contributed by atoms with Gasteiger partial charge in [0.05, 0.1) is 11.6 Å². The van der Waals surface area contributed by atoms with Crippen LogP contribution in [0.1, 0.15) is 16.8 Å². The normalized spacial score (nSPS) is 9.83. The summed E-state index contributed by atoms with van der Waals surface area (Å²) in [4.78, 5) is 8.18. The van der Waals surface area contributed by atoms with Gasteiger partial charge < -0.3 is 5.32 Å². The Kier molecular flexibility index (Phi) is 3.49. The molecule has 0 aliphatic heterocycles. The highest BCUT2D eigenvalue weighted by atomic mass is 19.1. The fourth-order valence-corrected chi connectivity index (χ4v) is 1.47. The first-order valence-corrected chi connectivity index (χ1v) is 5.41. The van der Waals surface area contributed by atoms with E-state index in [1.165, 1.54) is 6.07 Å². The monoisotopic (exact) mass is 242 g/mol. The quantitative estimate of drug-likeness (QED) is 0.897. The number of nitriles is 1. The van der Waals surface area contributed by atoms with Gasteiger partial charge in [0, 0.05) is 24.0 Å². The van der Waals surface area contributed by atoms with E-state index in [1.54, 1.807) is 24.4 Å². The van der Waals surface area contributed by atoms with Crippen molar-refractivity contribution in [2.24, 2.45) is 0 Å². The number of nitrogens with one attached hydrogen (secondary N) is 1. The molecule has 18 heavy (non-hydrogen) atoms. The number of hydrogen-bond acceptors (Lipinski definition) is 4. The van der Waals surface area contributed by atoms with Crippen LogP contribution < -0.4 is 5.32 Å². The summed E-state index contributed by atoms with van der Waals surface area (Å²) in [5.41, 5.74) is 1.62. The molecule has 1 heterocycles. The Balaban J connectivity index is 2.09. The van der Waals surface area contributed by atoms with Gasteiger partial charge in [0.2, 0.25) is 5.95 Å². The lowest BCUT2D eigenvalue weighted by molar-refractivity contribution is 0.612. The standard InChI is InChI=1S/C13H11FN4/c1-9-4-5-16-13(18-9)17-8-11-3-2-10(7-15)6-12(11)14/h2-6H,8H2,1H3,(H,16,17,18). The molecule has 0 bridgehead atoms. The first-order valence-electron chi connectivity index (χ1n) is 5.41. The van der Waals surface area contributed by atoms with Crippen molar-refractivity contribution >= 4 is 5.95 Å². The zero-order valence-corrected chi connectivity index (χ0v) is 9.81. The molecule has 0 amide bonds. The zero-order chi connectivity index (χ0) is 13.0. The molecule has 0 unspecified atom stereocenters. The Morgan fingerprint density at radius 3 is 2.89 bits per heavy atom. The second kappa shape index (κ2) is 5.23. The summed E-state index contributed by atoms with van der Waals surface area (Å²) in [6, 6.07) is 8.05. The van der Waals surface area contributed by atoms with Crippen molar-refractivity contribution in [2.45, 2.75) is 13.5 Å². The van der Waals surface area contributed by atoms with Crippen LogP contribution in [0.15, 0.2) is 30.5 Å². The maximum Gasteiger partial charge on any atom is 0.223 e. The van der Waals surface area contributed by atoms with Crippen molar-refractivity contribution in [1.29, 1.82) is 5.26 Å². The molecule has 4 nitrogen and oxygen atoms in total. The fraction of sp³-hybridized carbons (Fsp3) is 0.154. The minimum Gasteiger partial charge on any atom is -0.350 e. The van der Waals surface area contributed by atoms with Crippen molar-refractivity contribution in [3.63, 3.8) is 0 Å². The van der Waals surface area contributed by atoms with Crippen LogP contribution >= 0.6 is 0 Å². The van der Waals surface area contributed by atoms with E-state index >= 15 is 0 Å². The molecule has 0 saturated carbocycles. The summed E-state index contributed by atoms with van der Waals surface area (Å²) < 4.78 is 13.6. The van der Waals surface area contributed by atoms with Crippen molar-refractivity contribution in [2.75, 3.05) is 5.32 Å². The van der Waals surface area contributed by atoms with Crippen molar-refractivity contribution in [3.05, 3.63) is 53.1 Å². The number of halogens is 1. The number of hydrogen-bond donors (Lipinski definition) is 1. The van der Waals surface area contributed by atoms with E-state index in [9.17, 15) is 4.39 Å². The fourth-order valence-electron chi connectivity index (χ4n) is 1.47. The van der Waals surface area contributed by atoms with Gasteiger partial charge in [0.1, 0.15) is 5.82 Å². The third-order valence-electron chi connectivity index (χ3n) is 2.41. The predicted octanol–water partition coefficient (Wildman–Crippen LogP) is 2.41. The van der Waals surface area contributed by atoms with Crippen LogP contribution in [-0.2, 0) is 6.54 Å². The first kappa shape index (κ1) is 12.0. The van der Waals surface area contributed by atoms with Crippen LogP contribution in [0, 0.1) is 24.1 Å². The molecule has 2 rings (SSSR count). The van der Waals surface area contributed by atoms with Crippen LogP contribution in [-0.4, -0.2) is 9.97 Å². The molecule has 0 atom stereocenters. The molecule has 2 aromatic rings. The average Bonchev–Trinajstić information content (AvgIpc) is 2.37. The molecule has 1 aromatic carbocycles. The molecule has 0 radical (unpaired) electrons. The highest BCUT2D eigenvalue weighted by Crippen LogP contribution is 2.11. The number of aromatic nitrogens is 2. The van der Waals surface area contributed by atoms with Gasteiger partial charge in [-0.15, -0.1) is 0 Å². The SMILES string of the molecule is Cc1ccnc(NCc2ccc(C#N)cc2F)n1. The number of rotatable bonds is 3. The first-order chi connectivity index (χ1) is 8.69. The Bertz CT molecular complexity index is 604. The molecular weight excluding hydrogens is 231 g/mol. The molecular formula is C13H11FN4. The Morgan fingerprint density at radius 2 is 2.22 bits per heavy atom. The maximum absolute atomic E-state index is 13.6. The minimum absolute atomic E-state index is 0.279. The molecule has 90 valence electrons. The molecule has 0 saturated heterocycles. The van der Waals surface area contributed by atoms with Gasteiger partial charge in [-0.25, -0.2) is 14.4 Å². The third-order valence-corrected chi connectivity index (χ3v) is 2.41. The number of anilines is 1. The van der Waals surface area contributed by atoms with Gasteiger partial charge in [-0.2, -0.15) is 5.26 Å². The van der Waals surface area contributed by atoms with Crippen LogP contribution in [0.3, 0.4) is 0 Å². The third kappa shape index (κ3) is 2.80. The Morgan fingerprint density at radius 1 is 1.39 bits per heavy atom. The molecule has 5 heteroatoms. The summed E-state index contributed by atoms with van der Waals surface area (Å²) in [6.45, 7) is 2.14. The molecule has 0 aliphatic carbocycles. The van der Waals surface area contributed by atoms with Crippen molar-refractivity contribution in [1.82, 2.24) is 9.97 Å². The lowest BCUT2D eigenvalue weighted by Gasteiger charge is -2.06. The average molecular weight is 242 g/mol. The minimum atomic E-state index is -0.408. The van der Waals surface area contributed by atoms with E-state index in [0.717, 1.165) is 5.69 Å². The highest BCUT2D eigenvalue weighted by Gasteiger charge is 2.04. The van der Waals surface area contributed by atoms with Crippen LogP contribution in [0.2, 0.25) is 0 Å². The second-order valence-electron chi connectivity index (χ2n) is 3.79.